The number of carbonyl (C=O) groups excluding carboxylic acids is 1. The lowest BCUT2D eigenvalue weighted by molar-refractivity contribution is -0.144. The van der Waals surface area contributed by atoms with Gasteiger partial charge in [0, 0.05) is 12.7 Å². The molecule has 0 N–H and O–H groups in total. The lowest BCUT2D eigenvalue weighted by atomic mass is 10.2. The van der Waals surface area contributed by atoms with Crippen LogP contribution in [0.15, 0.2) is 18.2 Å². The van der Waals surface area contributed by atoms with Crippen molar-refractivity contribution in [2.75, 3.05) is 18.6 Å². The van der Waals surface area contributed by atoms with E-state index in [4.69, 9.17) is 4.74 Å². The predicted octanol–water partition coefficient (Wildman–Crippen LogP) is 2.99. The second kappa shape index (κ2) is 5.57. The average molecular weight is 278 g/mol. The van der Waals surface area contributed by atoms with E-state index in [9.17, 15) is 4.79 Å². The fourth-order valence-corrected chi connectivity index (χ4v) is 2.70. The molecule has 0 amide bonds. The zero-order valence-electron chi connectivity index (χ0n) is 11.6. The Morgan fingerprint density at radius 1 is 1.53 bits per heavy atom. The summed E-state index contributed by atoms with van der Waals surface area (Å²) in [5, 5.41) is 1.05. The van der Waals surface area contributed by atoms with Crippen molar-refractivity contribution >= 4 is 33.2 Å². The molecule has 0 radical (unpaired) electrons. The molecule has 19 heavy (non-hydrogen) atoms. The summed E-state index contributed by atoms with van der Waals surface area (Å²) in [5.41, 5.74) is 1.95. The molecule has 1 unspecified atom stereocenters. The first-order valence-corrected chi connectivity index (χ1v) is 7.11. The fraction of sp³-hybridized carbons (Fsp3) is 0.429. The molecule has 0 fully saturated rings. The summed E-state index contributed by atoms with van der Waals surface area (Å²) in [4.78, 5) is 18.1. The van der Waals surface area contributed by atoms with Crippen molar-refractivity contribution in [3.8, 4) is 0 Å². The van der Waals surface area contributed by atoms with Crippen LogP contribution in [0.3, 0.4) is 0 Å². The smallest absolute Gasteiger partial charge is 0.328 e. The topological polar surface area (TPSA) is 42.4 Å². The highest BCUT2D eigenvalue weighted by Crippen LogP contribution is 2.26. The molecule has 0 aliphatic rings. The number of hydrogen-bond acceptors (Lipinski definition) is 5. The minimum atomic E-state index is -0.308. The van der Waals surface area contributed by atoms with E-state index in [0.29, 0.717) is 6.61 Å². The van der Waals surface area contributed by atoms with Crippen molar-refractivity contribution in [2.24, 2.45) is 0 Å². The Morgan fingerprint density at radius 2 is 2.26 bits per heavy atom. The van der Waals surface area contributed by atoms with Crippen LogP contribution < -0.4 is 4.90 Å². The Kier molecular flexibility index (Phi) is 4.04. The Hall–Kier alpha value is -1.62. The number of aromatic nitrogens is 1. The molecule has 0 aliphatic carbocycles. The van der Waals surface area contributed by atoms with Crippen molar-refractivity contribution in [2.45, 2.75) is 26.8 Å². The molecule has 0 saturated carbocycles. The first kappa shape index (κ1) is 13.8. The SMILES string of the molecule is CCOC(=O)C(C)N(C)c1ccc2sc(C)nc2c1. The standard InChI is InChI=1S/C14H18N2O2S/c1-5-18-14(17)9(2)16(4)11-6-7-13-12(8-11)15-10(3)19-13/h6-9H,5H2,1-4H3. The lowest BCUT2D eigenvalue weighted by Crippen LogP contribution is -2.37. The van der Waals surface area contributed by atoms with Gasteiger partial charge in [0.2, 0.25) is 0 Å². The third-order valence-corrected chi connectivity index (χ3v) is 4.05. The molecule has 2 aromatic rings. The van der Waals surface area contributed by atoms with E-state index in [1.165, 1.54) is 4.70 Å². The molecule has 1 heterocycles. The molecule has 1 aromatic heterocycles. The highest BCUT2D eigenvalue weighted by Gasteiger charge is 2.19. The zero-order chi connectivity index (χ0) is 14.0. The van der Waals surface area contributed by atoms with Gasteiger partial charge in [-0.15, -0.1) is 11.3 Å². The molecule has 0 bridgehead atoms. The Morgan fingerprint density at radius 3 is 2.95 bits per heavy atom. The van der Waals surface area contributed by atoms with Gasteiger partial charge in [0.1, 0.15) is 6.04 Å². The van der Waals surface area contributed by atoms with Crippen molar-refractivity contribution < 1.29 is 9.53 Å². The number of carbonyl (C=O) groups is 1. The third kappa shape index (κ3) is 2.87. The van der Waals surface area contributed by atoms with Crippen LogP contribution in [0.4, 0.5) is 5.69 Å². The molecule has 0 aliphatic heterocycles. The predicted molar refractivity (Wildman–Crippen MR) is 78.9 cm³/mol. The number of likely N-dealkylation sites (N-methyl/N-ethyl adjacent to an activating group) is 1. The van der Waals surface area contributed by atoms with Gasteiger partial charge < -0.3 is 9.64 Å². The van der Waals surface area contributed by atoms with Crippen molar-refractivity contribution in [1.29, 1.82) is 0 Å². The van der Waals surface area contributed by atoms with Crippen LogP contribution in [-0.2, 0) is 9.53 Å². The summed E-state index contributed by atoms with van der Waals surface area (Å²) in [5.74, 6) is -0.209. The van der Waals surface area contributed by atoms with Gasteiger partial charge in [-0.05, 0) is 39.0 Å². The number of fused-ring (bicyclic) bond motifs is 1. The number of ether oxygens (including phenoxy) is 1. The number of anilines is 1. The molecular weight excluding hydrogens is 260 g/mol. The minimum absolute atomic E-state index is 0.209. The molecular formula is C14H18N2O2S. The monoisotopic (exact) mass is 278 g/mol. The van der Waals surface area contributed by atoms with Crippen molar-refractivity contribution in [1.82, 2.24) is 4.98 Å². The summed E-state index contributed by atoms with van der Waals surface area (Å²) in [6.07, 6.45) is 0. The van der Waals surface area contributed by atoms with Gasteiger partial charge in [-0.3, -0.25) is 0 Å². The number of rotatable bonds is 4. The number of aryl methyl sites for hydroxylation is 1. The molecule has 102 valence electrons. The lowest BCUT2D eigenvalue weighted by Gasteiger charge is -2.25. The summed E-state index contributed by atoms with van der Waals surface area (Å²) >= 11 is 1.67. The van der Waals surface area contributed by atoms with Crippen LogP contribution in [0, 0.1) is 6.92 Å². The number of hydrogen-bond donors (Lipinski definition) is 0. The van der Waals surface area contributed by atoms with E-state index in [1.54, 1.807) is 11.3 Å². The Labute approximate surface area is 117 Å². The third-order valence-electron chi connectivity index (χ3n) is 3.09. The van der Waals surface area contributed by atoms with Crippen LogP contribution in [-0.4, -0.2) is 30.6 Å². The van der Waals surface area contributed by atoms with Crippen LogP contribution in [0.25, 0.3) is 10.2 Å². The van der Waals surface area contributed by atoms with E-state index < -0.39 is 0 Å². The molecule has 1 atom stereocenters. The van der Waals surface area contributed by atoms with Gasteiger partial charge >= 0.3 is 5.97 Å². The highest BCUT2D eigenvalue weighted by atomic mass is 32.1. The highest BCUT2D eigenvalue weighted by molar-refractivity contribution is 7.18. The Bertz CT molecular complexity index is 594. The molecule has 2 rings (SSSR count). The van der Waals surface area contributed by atoms with E-state index in [-0.39, 0.29) is 12.0 Å². The first-order valence-electron chi connectivity index (χ1n) is 6.29. The Balaban J connectivity index is 2.25. The van der Waals surface area contributed by atoms with Crippen molar-refractivity contribution in [3.63, 3.8) is 0 Å². The fourth-order valence-electron chi connectivity index (χ4n) is 1.89. The van der Waals surface area contributed by atoms with Gasteiger partial charge in [-0.1, -0.05) is 0 Å². The van der Waals surface area contributed by atoms with Crippen LogP contribution in [0.5, 0.6) is 0 Å². The molecule has 5 heteroatoms. The second-order valence-corrected chi connectivity index (χ2v) is 5.66. The zero-order valence-corrected chi connectivity index (χ0v) is 12.5. The quantitative estimate of drug-likeness (QED) is 0.806. The number of nitrogens with zero attached hydrogens (tertiary/aromatic N) is 2. The van der Waals surface area contributed by atoms with Gasteiger partial charge in [-0.25, -0.2) is 9.78 Å². The summed E-state index contributed by atoms with van der Waals surface area (Å²) in [6, 6.07) is 5.76. The van der Waals surface area contributed by atoms with E-state index in [2.05, 4.69) is 4.98 Å². The molecule has 0 spiro atoms. The maximum absolute atomic E-state index is 11.7. The largest absolute Gasteiger partial charge is 0.464 e. The second-order valence-electron chi connectivity index (χ2n) is 4.42. The van der Waals surface area contributed by atoms with Gasteiger partial charge in [0.15, 0.2) is 0 Å². The minimum Gasteiger partial charge on any atom is -0.464 e. The number of esters is 1. The van der Waals surface area contributed by atoms with E-state index >= 15 is 0 Å². The van der Waals surface area contributed by atoms with Gasteiger partial charge in [0.25, 0.3) is 0 Å². The number of thiazole rings is 1. The molecule has 4 nitrogen and oxygen atoms in total. The van der Waals surface area contributed by atoms with E-state index in [1.807, 2.05) is 50.9 Å². The van der Waals surface area contributed by atoms with Crippen LogP contribution >= 0.6 is 11.3 Å². The molecule has 0 saturated heterocycles. The van der Waals surface area contributed by atoms with Gasteiger partial charge in [-0.2, -0.15) is 0 Å². The summed E-state index contributed by atoms with van der Waals surface area (Å²) in [7, 11) is 1.89. The van der Waals surface area contributed by atoms with Crippen molar-refractivity contribution in [3.05, 3.63) is 23.2 Å². The normalized spacial score (nSPS) is 12.4. The molecule has 1 aromatic carbocycles. The van der Waals surface area contributed by atoms with E-state index in [0.717, 1.165) is 16.2 Å². The first-order chi connectivity index (χ1) is 9.02. The summed E-state index contributed by atoms with van der Waals surface area (Å²) in [6.45, 7) is 6.06. The average Bonchev–Trinajstić information content (AvgIpc) is 2.76. The number of benzene rings is 1. The van der Waals surface area contributed by atoms with Crippen LogP contribution in [0.2, 0.25) is 0 Å². The maximum Gasteiger partial charge on any atom is 0.328 e. The maximum atomic E-state index is 11.7. The summed E-state index contributed by atoms with van der Waals surface area (Å²) < 4.78 is 6.21. The van der Waals surface area contributed by atoms with Gasteiger partial charge in [0.05, 0.1) is 21.8 Å². The van der Waals surface area contributed by atoms with Crippen LogP contribution in [0.1, 0.15) is 18.9 Å².